The first-order valence-corrected chi connectivity index (χ1v) is 6.62. The maximum atomic E-state index is 13.7. The first-order valence-electron chi connectivity index (χ1n) is 5.45. The minimum atomic E-state index is -0.712. The molecule has 0 aromatic heterocycles. The van der Waals surface area contributed by atoms with Crippen LogP contribution in [0.5, 0.6) is 0 Å². The number of halogens is 4. The van der Waals surface area contributed by atoms with Crippen molar-refractivity contribution in [3.05, 3.63) is 33.3 Å². The van der Waals surface area contributed by atoms with Crippen LogP contribution < -0.4 is 5.32 Å². The summed E-state index contributed by atoms with van der Waals surface area (Å²) >= 11 is 9.51. The fourth-order valence-corrected chi connectivity index (χ4v) is 2.68. The third-order valence-corrected chi connectivity index (χ3v) is 3.87. The molecule has 1 aliphatic rings. The van der Waals surface area contributed by atoms with Crippen molar-refractivity contribution in [2.75, 3.05) is 13.1 Å². The Kier molecular flexibility index (Phi) is 6.21. The third-order valence-electron chi connectivity index (χ3n) is 3.00. The van der Waals surface area contributed by atoms with Crippen molar-refractivity contribution in [1.82, 2.24) is 5.32 Å². The van der Waals surface area contributed by atoms with Gasteiger partial charge in [0.15, 0.2) is 0 Å². The zero-order chi connectivity index (χ0) is 11.5. The minimum Gasteiger partial charge on any atom is -0.316 e. The van der Waals surface area contributed by atoms with Crippen LogP contribution in [0.2, 0.25) is 5.02 Å². The highest BCUT2D eigenvalue weighted by Crippen LogP contribution is 2.26. The van der Waals surface area contributed by atoms with Gasteiger partial charge in [0.2, 0.25) is 0 Å². The Morgan fingerprint density at radius 3 is 2.94 bits per heavy atom. The molecule has 0 aliphatic carbocycles. The number of hydrogen-bond acceptors (Lipinski definition) is 1. The van der Waals surface area contributed by atoms with E-state index in [1.807, 2.05) is 18.2 Å². The van der Waals surface area contributed by atoms with Crippen LogP contribution in [0.4, 0.5) is 4.39 Å². The summed E-state index contributed by atoms with van der Waals surface area (Å²) in [6.07, 6.45) is 0.597. The standard InChI is InChI=1S/C12H14BrClFN.ClH/c13-10-1-2-11(14)8(6-10)5-9-7-16-4-3-12(9)15;/h1-2,6,9,12,16H,3-5,7H2;1H/t9-,12-;/m0./s1. The molecular weight excluding hydrogens is 328 g/mol. The van der Waals surface area contributed by atoms with Crippen LogP contribution >= 0.6 is 39.9 Å². The highest BCUT2D eigenvalue weighted by molar-refractivity contribution is 9.10. The Bertz CT molecular complexity index is 376. The summed E-state index contributed by atoms with van der Waals surface area (Å²) in [5, 5.41) is 3.95. The van der Waals surface area contributed by atoms with Crippen molar-refractivity contribution < 1.29 is 4.39 Å². The quantitative estimate of drug-likeness (QED) is 0.856. The lowest BCUT2D eigenvalue weighted by Gasteiger charge is -2.27. The average molecular weight is 343 g/mol. The van der Waals surface area contributed by atoms with Crippen LogP contribution in [-0.2, 0) is 6.42 Å². The van der Waals surface area contributed by atoms with Crippen molar-refractivity contribution in [3.63, 3.8) is 0 Å². The van der Waals surface area contributed by atoms with E-state index in [0.717, 1.165) is 28.1 Å². The van der Waals surface area contributed by atoms with Crippen molar-refractivity contribution in [1.29, 1.82) is 0 Å². The summed E-state index contributed by atoms with van der Waals surface area (Å²) < 4.78 is 14.7. The molecule has 2 rings (SSSR count). The van der Waals surface area contributed by atoms with E-state index in [1.165, 1.54) is 0 Å². The summed E-state index contributed by atoms with van der Waals surface area (Å²) in [5.41, 5.74) is 1.02. The van der Waals surface area contributed by atoms with Crippen molar-refractivity contribution in [2.45, 2.75) is 19.0 Å². The first kappa shape index (κ1) is 15.2. The Morgan fingerprint density at radius 2 is 2.24 bits per heavy atom. The molecule has 2 atom stereocenters. The van der Waals surface area contributed by atoms with E-state index >= 15 is 0 Å². The molecule has 1 aromatic rings. The third kappa shape index (κ3) is 4.09. The monoisotopic (exact) mass is 341 g/mol. The second kappa shape index (κ2) is 6.93. The molecular formula is C12H15BrCl2FN. The van der Waals surface area contributed by atoms with Crippen LogP contribution in [0.3, 0.4) is 0 Å². The van der Waals surface area contributed by atoms with Crippen LogP contribution in [0, 0.1) is 5.92 Å². The fourth-order valence-electron chi connectivity index (χ4n) is 2.07. The molecule has 0 amide bonds. The SMILES string of the molecule is Cl.F[C@H]1CCNC[C@@H]1Cc1cc(Br)ccc1Cl. The van der Waals surface area contributed by atoms with Gasteiger partial charge in [-0.15, -0.1) is 12.4 Å². The zero-order valence-corrected chi connectivity index (χ0v) is 12.4. The van der Waals surface area contributed by atoms with E-state index in [2.05, 4.69) is 21.2 Å². The number of nitrogens with one attached hydrogen (secondary N) is 1. The largest absolute Gasteiger partial charge is 0.316 e. The van der Waals surface area contributed by atoms with Crippen molar-refractivity contribution >= 4 is 39.9 Å². The molecule has 1 nitrogen and oxygen atoms in total. The minimum absolute atomic E-state index is 0. The second-order valence-corrected chi connectivity index (χ2v) is 5.53. The Morgan fingerprint density at radius 1 is 1.47 bits per heavy atom. The molecule has 96 valence electrons. The highest BCUT2D eigenvalue weighted by Gasteiger charge is 2.25. The van der Waals surface area contributed by atoms with Gasteiger partial charge in [0, 0.05) is 22.0 Å². The molecule has 0 radical (unpaired) electrons. The van der Waals surface area contributed by atoms with Crippen LogP contribution in [0.1, 0.15) is 12.0 Å². The van der Waals surface area contributed by atoms with Gasteiger partial charge < -0.3 is 5.32 Å². The predicted molar refractivity (Wildman–Crippen MR) is 76.0 cm³/mol. The highest BCUT2D eigenvalue weighted by atomic mass is 79.9. The molecule has 1 heterocycles. The number of hydrogen-bond donors (Lipinski definition) is 1. The van der Waals surface area contributed by atoms with Gasteiger partial charge in [-0.2, -0.15) is 0 Å². The van der Waals surface area contributed by atoms with Crippen LogP contribution in [0.25, 0.3) is 0 Å². The Labute approximate surface area is 121 Å². The number of alkyl halides is 1. The molecule has 1 N–H and O–H groups in total. The van der Waals surface area contributed by atoms with E-state index in [4.69, 9.17) is 11.6 Å². The lowest BCUT2D eigenvalue weighted by molar-refractivity contribution is 0.178. The maximum absolute atomic E-state index is 13.7. The normalized spacial score (nSPS) is 24.2. The van der Waals surface area contributed by atoms with E-state index in [-0.39, 0.29) is 18.3 Å². The smallest absolute Gasteiger partial charge is 0.106 e. The number of piperidine rings is 1. The molecule has 0 spiro atoms. The Hall–Kier alpha value is 0.170. The molecule has 1 aliphatic heterocycles. The van der Waals surface area contributed by atoms with E-state index in [9.17, 15) is 4.39 Å². The number of benzene rings is 1. The number of rotatable bonds is 2. The molecule has 1 fully saturated rings. The summed E-state index contributed by atoms with van der Waals surface area (Å²) in [7, 11) is 0. The van der Waals surface area contributed by atoms with Gasteiger partial charge in [0.1, 0.15) is 6.17 Å². The molecule has 5 heteroatoms. The first-order chi connectivity index (χ1) is 7.66. The van der Waals surface area contributed by atoms with E-state index in [1.54, 1.807) is 0 Å². The van der Waals surface area contributed by atoms with Crippen LogP contribution in [0.15, 0.2) is 22.7 Å². The molecule has 0 bridgehead atoms. The molecule has 17 heavy (non-hydrogen) atoms. The predicted octanol–water partition coefficient (Wildman–Crippen LogP) is 4.01. The summed E-state index contributed by atoms with van der Waals surface area (Å²) in [6, 6.07) is 5.73. The van der Waals surface area contributed by atoms with Gasteiger partial charge >= 0.3 is 0 Å². The van der Waals surface area contributed by atoms with Gasteiger partial charge in [0.05, 0.1) is 0 Å². The fraction of sp³-hybridized carbons (Fsp3) is 0.500. The lowest BCUT2D eigenvalue weighted by atomic mass is 9.91. The Balaban J connectivity index is 0.00000144. The topological polar surface area (TPSA) is 12.0 Å². The second-order valence-electron chi connectivity index (χ2n) is 4.21. The molecule has 1 saturated heterocycles. The van der Waals surface area contributed by atoms with Gasteiger partial charge in [-0.1, -0.05) is 27.5 Å². The summed E-state index contributed by atoms with van der Waals surface area (Å²) in [5.74, 6) is 0.0422. The van der Waals surface area contributed by atoms with Gasteiger partial charge in [0.25, 0.3) is 0 Å². The van der Waals surface area contributed by atoms with Crippen molar-refractivity contribution in [3.8, 4) is 0 Å². The lowest BCUT2D eigenvalue weighted by Crippen LogP contribution is -2.38. The summed E-state index contributed by atoms with van der Waals surface area (Å²) in [6.45, 7) is 1.52. The van der Waals surface area contributed by atoms with Gasteiger partial charge in [-0.05, 0) is 43.1 Å². The molecule has 1 aromatic carbocycles. The van der Waals surface area contributed by atoms with Gasteiger partial charge in [-0.3, -0.25) is 0 Å². The van der Waals surface area contributed by atoms with Crippen molar-refractivity contribution in [2.24, 2.45) is 5.92 Å². The van der Waals surface area contributed by atoms with Crippen LogP contribution in [-0.4, -0.2) is 19.3 Å². The van der Waals surface area contributed by atoms with Gasteiger partial charge in [-0.25, -0.2) is 4.39 Å². The molecule has 0 unspecified atom stereocenters. The zero-order valence-electron chi connectivity index (χ0n) is 9.26. The average Bonchev–Trinajstić information content (AvgIpc) is 2.27. The van der Waals surface area contributed by atoms with E-state index in [0.29, 0.717) is 12.8 Å². The summed E-state index contributed by atoms with van der Waals surface area (Å²) in [4.78, 5) is 0. The maximum Gasteiger partial charge on any atom is 0.106 e. The van der Waals surface area contributed by atoms with E-state index < -0.39 is 6.17 Å². The molecule has 0 saturated carbocycles.